The van der Waals surface area contributed by atoms with Crippen molar-refractivity contribution in [3.05, 3.63) is 58.0 Å². The van der Waals surface area contributed by atoms with Gasteiger partial charge in [0.1, 0.15) is 5.82 Å². The van der Waals surface area contributed by atoms with Gasteiger partial charge in [0.15, 0.2) is 0 Å². The number of benzene rings is 1. The zero-order chi connectivity index (χ0) is 22.4. The highest BCUT2D eigenvalue weighted by Gasteiger charge is 2.28. The Hall–Kier alpha value is -2.25. The zero-order valence-corrected chi connectivity index (χ0v) is 19.5. The second-order valence-electron chi connectivity index (χ2n) is 9.08. The lowest BCUT2D eigenvalue weighted by atomic mass is 9.94. The predicted molar refractivity (Wildman–Crippen MR) is 122 cm³/mol. The number of piperazine rings is 1. The highest BCUT2D eigenvalue weighted by molar-refractivity contribution is 7.10. The first-order chi connectivity index (χ1) is 14.7. The Balaban J connectivity index is 1.52. The summed E-state index contributed by atoms with van der Waals surface area (Å²) in [7, 11) is 0. The van der Waals surface area contributed by atoms with Gasteiger partial charge in [-0.1, -0.05) is 39.0 Å². The minimum atomic E-state index is -0.479. The minimum Gasteiger partial charge on any atom is -0.340 e. The quantitative estimate of drug-likeness (QED) is 0.654. The molecule has 0 unspecified atom stereocenters. The fourth-order valence-corrected chi connectivity index (χ4v) is 4.39. The van der Waals surface area contributed by atoms with E-state index in [1.165, 1.54) is 12.1 Å². The molecule has 3 rings (SSSR count). The molecule has 7 heteroatoms. The van der Waals surface area contributed by atoms with Crippen molar-refractivity contribution in [1.82, 2.24) is 14.7 Å². The third-order valence-electron chi connectivity index (χ3n) is 5.53. The first-order valence-corrected chi connectivity index (χ1v) is 11.7. The molecule has 2 aromatic rings. The lowest BCUT2D eigenvalue weighted by Gasteiger charge is -2.37. The van der Waals surface area contributed by atoms with Crippen LogP contribution >= 0.6 is 11.3 Å². The van der Waals surface area contributed by atoms with Gasteiger partial charge >= 0.3 is 0 Å². The van der Waals surface area contributed by atoms with E-state index in [-0.39, 0.29) is 17.6 Å². The average Bonchev–Trinajstić information content (AvgIpc) is 3.24. The molecule has 1 aliphatic heterocycles. The van der Waals surface area contributed by atoms with Crippen molar-refractivity contribution in [2.75, 3.05) is 39.3 Å². The van der Waals surface area contributed by atoms with Gasteiger partial charge in [0.05, 0.1) is 6.42 Å². The van der Waals surface area contributed by atoms with Crippen LogP contribution in [0.2, 0.25) is 0 Å². The van der Waals surface area contributed by atoms with Crippen molar-refractivity contribution in [2.24, 2.45) is 5.41 Å². The predicted octanol–water partition coefficient (Wildman–Crippen LogP) is 3.65. The van der Waals surface area contributed by atoms with E-state index in [2.05, 4.69) is 4.90 Å². The molecule has 0 atom stereocenters. The van der Waals surface area contributed by atoms with E-state index < -0.39 is 5.41 Å². The molecule has 31 heavy (non-hydrogen) atoms. The van der Waals surface area contributed by atoms with Crippen molar-refractivity contribution in [3.63, 3.8) is 0 Å². The molecule has 1 aromatic carbocycles. The van der Waals surface area contributed by atoms with Crippen LogP contribution in [0.1, 0.15) is 31.2 Å². The van der Waals surface area contributed by atoms with E-state index in [1.807, 2.05) is 48.1 Å². The van der Waals surface area contributed by atoms with Crippen LogP contribution in [0.3, 0.4) is 0 Å². The van der Waals surface area contributed by atoms with Gasteiger partial charge in [-0.3, -0.25) is 14.5 Å². The number of nitrogens with zero attached hydrogens (tertiary/aromatic N) is 3. The Labute approximate surface area is 188 Å². The number of carbonyl (C=O) groups is 2. The third-order valence-corrected chi connectivity index (χ3v) is 6.41. The summed E-state index contributed by atoms with van der Waals surface area (Å²) in [6, 6.07) is 10.3. The fraction of sp³-hybridized carbons (Fsp3) is 0.500. The molecular weight excluding hydrogens is 413 g/mol. The Kier molecular flexibility index (Phi) is 7.84. The molecule has 0 saturated carbocycles. The summed E-state index contributed by atoms with van der Waals surface area (Å²) in [5.41, 5.74) is 0.440. The van der Waals surface area contributed by atoms with Gasteiger partial charge in [-0.15, -0.1) is 11.3 Å². The fourth-order valence-electron chi connectivity index (χ4n) is 3.69. The Morgan fingerprint density at radius 1 is 1.06 bits per heavy atom. The second-order valence-corrected chi connectivity index (χ2v) is 10.1. The van der Waals surface area contributed by atoms with Crippen LogP contribution in [0.25, 0.3) is 0 Å². The summed E-state index contributed by atoms with van der Waals surface area (Å²) in [6.45, 7) is 10.7. The normalized spacial score (nSPS) is 15.2. The van der Waals surface area contributed by atoms with E-state index in [9.17, 15) is 14.0 Å². The highest BCUT2D eigenvalue weighted by Crippen LogP contribution is 2.20. The number of hydrogen-bond acceptors (Lipinski definition) is 4. The molecular formula is C24H32FN3O2S. The maximum atomic E-state index is 13.2. The van der Waals surface area contributed by atoms with Crippen LogP contribution in [0.5, 0.6) is 0 Å². The summed E-state index contributed by atoms with van der Waals surface area (Å²) in [4.78, 5) is 32.7. The lowest BCUT2D eigenvalue weighted by molar-refractivity contribution is -0.140. The van der Waals surface area contributed by atoms with E-state index in [0.29, 0.717) is 19.5 Å². The van der Waals surface area contributed by atoms with E-state index >= 15 is 0 Å². The zero-order valence-electron chi connectivity index (χ0n) is 18.6. The molecule has 168 valence electrons. The second kappa shape index (κ2) is 10.4. The first kappa shape index (κ1) is 23.4. The van der Waals surface area contributed by atoms with Gasteiger partial charge < -0.3 is 9.80 Å². The maximum Gasteiger partial charge on any atom is 0.228 e. The molecule has 1 fully saturated rings. The monoisotopic (exact) mass is 445 g/mol. The van der Waals surface area contributed by atoms with Gasteiger partial charge in [-0.2, -0.15) is 0 Å². The molecule has 5 nitrogen and oxygen atoms in total. The van der Waals surface area contributed by atoms with Crippen LogP contribution in [0.4, 0.5) is 4.39 Å². The number of rotatable bonds is 7. The lowest BCUT2D eigenvalue weighted by Crippen LogP contribution is -2.51. The van der Waals surface area contributed by atoms with E-state index in [1.54, 1.807) is 23.5 Å². The van der Waals surface area contributed by atoms with Gasteiger partial charge in [0.2, 0.25) is 11.8 Å². The first-order valence-electron chi connectivity index (χ1n) is 10.8. The van der Waals surface area contributed by atoms with Gasteiger partial charge in [-0.05, 0) is 29.1 Å². The number of amides is 2. The average molecular weight is 446 g/mol. The Morgan fingerprint density at radius 2 is 1.74 bits per heavy atom. The van der Waals surface area contributed by atoms with Gasteiger partial charge in [0.25, 0.3) is 0 Å². The Bertz CT molecular complexity index is 854. The van der Waals surface area contributed by atoms with Crippen LogP contribution in [-0.2, 0) is 22.6 Å². The van der Waals surface area contributed by atoms with E-state index in [4.69, 9.17) is 0 Å². The van der Waals surface area contributed by atoms with Crippen molar-refractivity contribution in [1.29, 1.82) is 0 Å². The van der Waals surface area contributed by atoms with Crippen molar-refractivity contribution in [2.45, 2.75) is 33.7 Å². The van der Waals surface area contributed by atoms with Crippen molar-refractivity contribution >= 4 is 23.2 Å². The van der Waals surface area contributed by atoms with Crippen molar-refractivity contribution < 1.29 is 14.0 Å². The van der Waals surface area contributed by atoms with Crippen LogP contribution in [0.15, 0.2) is 41.8 Å². The SMILES string of the molecule is CC(C)(C)C(=O)N(CCN1CCN(C(=O)Cc2cccs2)CC1)Cc1ccc(F)cc1. The Morgan fingerprint density at radius 3 is 2.32 bits per heavy atom. The summed E-state index contributed by atoms with van der Waals surface area (Å²) in [5, 5.41) is 2.00. The molecule has 0 radical (unpaired) electrons. The van der Waals surface area contributed by atoms with Crippen LogP contribution < -0.4 is 0 Å². The maximum absolute atomic E-state index is 13.2. The van der Waals surface area contributed by atoms with Gasteiger partial charge in [-0.25, -0.2) is 4.39 Å². The summed E-state index contributed by atoms with van der Waals surface area (Å²) in [6.07, 6.45) is 0.475. The largest absolute Gasteiger partial charge is 0.340 e. The number of thiophene rings is 1. The minimum absolute atomic E-state index is 0.0848. The number of hydrogen-bond donors (Lipinski definition) is 0. The number of carbonyl (C=O) groups excluding carboxylic acids is 2. The molecule has 0 spiro atoms. The van der Waals surface area contributed by atoms with Gasteiger partial charge in [0, 0.05) is 56.1 Å². The molecule has 0 N–H and O–H groups in total. The molecule has 0 aliphatic carbocycles. The molecule has 2 amide bonds. The molecule has 1 aliphatic rings. The molecule has 0 bridgehead atoms. The van der Waals surface area contributed by atoms with E-state index in [0.717, 1.165) is 43.2 Å². The number of halogens is 1. The van der Waals surface area contributed by atoms with Crippen LogP contribution in [-0.4, -0.2) is 65.8 Å². The highest BCUT2D eigenvalue weighted by atomic mass is 32.1. The van der Waals surface area contributed by atoms with Crippen LogP contribution in [0, 0.1) is 11.2 Å². The molecule has 1 aromatic heterocycles. The smallest absolute Gasteiger partial charge is 0.228 e. The standard InChI is InChI=1S/C24H32FN3O2S/c1-24(2,3)23(30)28(18-19-6-8-20(25)9-7-19)15-12-26-10-13-27(14-11-26)22(29)17-21-5-4-16-31-21/h4-9,16H,10-15,17-18H2,1-3H3. The molecule has 1 saturated heterocycles. The third kappa shape index (κ3) is 6.87. The summed E-state index contributed by atoms with van der Waals surface area (Å²) in [5.74, 6) is -0.00604. The summed E-state index contributed by atoms with van der Waals surface area (Å²) >= 11 is 1.62. The molecule has 2 heterocycles. The summed E-state index contributed by atoms with van der Waals surface area (Å²) < 4.78 is 13.2. The topological polar surface area (TPSA) is 43.9 Å². The van der Waals surface area contributed by atoms with Crippen molar-refractivity contribution in [3.8, 4) is 0 Å².